The predicted octanol–water partition coefficient (Wildman–Crippen LogP) is 2.49. The molecule has 0 saturated heterocycles. The van der Waals surface area contributed by atoms with Gasteiger partial charge in [-0.05, 0) is 22.4 Å². The number of carbonyl (C=O) groups is 1. The van der Waals surface area contributed by atoms with Crippen molar-refractivity contribution in [3.8, 4) is 0 Å². The lowest BCUT2D eigenvalue weighted by molar-refractivity contribution is 0.163. The van der Waals surface area contributed by atoms with Crippen LogP contribution in [0.4, 0.5) is 4.79 Å². The molecule has 0 N–H and O–H groups in total. The molecule has 0 fully saturated rings. The van der Waals surface area contributed by atoms with Crippen molar-refractivity contribution in [1.82, 2.24) is 0 Å². The third-order valence-corrected chi connectivity index (χ3v) is 1.46. The Morgan fingerprint density at radius 1 is 2.00 bits per heavy atom. The molecule has 0 heterocycles. The molecule has 0 aliphatic carbocycles. The Balaban J connectivity index is 3.24. The molecule has 0 aromatic heterocycles. The van der Waals surface area contributed by atoms with Crippen LogP contribution in [-0.2, 0) is 4.74 Å². The van der Waals surface area contributed by atoms with E-state index in [0.717, 1.165) is 6.42 Å². The van der Waals surface area contributed by atoms with Crippen molar-refractivity contribution >= 4 is 33.0 Å². The van der Waals surface area contributed by atoms with Crippen molar-refractivity contribution in [2.24, 2.45) is 0 Å². The first kappa shape index (κ1) is 8.24. The van der Waals surface area contributed by atoms with Crippen LogP contribution in [0.2, 0.25) is 0 Å². The summed E-state index contributed by atoms with van der Waals surface area (Å²) in [6.45, 7) is 1.87. The van der Waals surface area contributed by atoms with E-state index in [1.807, 2.05) is 6.92 Å². The molecule has 4 heteroatoms. The van der Waals surface area contributed by atoms with Crippen molar-refractivity contribution in [1.29, 1.82) is 0 Å². The summed E-state index contributed by atoms with van der Waals surface area (Å²) in [6.07, 6.45) is 0.721. The quantitative estimate of drug-likeness (QED) is 0.507. The Hall–Kier alpha value is 0.240. The lowest BCUT2D eigenvalue weighted by Crippen LogP contribution is -2.03. The van der Waals surface area contributed by atoms with Crippen molar-refractivity contribution < 1.29 is 9.53 Å². The second-order valence-corrected chi connectivity index (χ2v) is 2.50. The lowest BCUT2D eigenvalue weighted by Gasteiger charge is -2.02. The average Bonchev–Trinajstić information content (AvgIpc) is 1.65. The van der Waals surface area contributed by atoms with Crippen LogP contribution < -0.4 is 0 Å². The van der Waals surface area contributed by atoms with Gasteiger partial charge in [0, 0.05) is 11.6 Å². The van der Waals surface area contributed by atoms with Crippen molar-refractivity contribution in [3.05, 3.63) is 0 Å². The van der Waals surface area contributed by atoms with Crippen molar-refractivity contribution in [2.75, 3.05) is 0 Å². The van der Waals surface area contributed by atoms with Gasteiger partial charge >= 0.3 is 5.43 Å². The summed E-state index contributed by atoms with van der Waals surface area (Å²) in [5, 5.41) is -0.243. The molecule has 0 aliphatic heterocycles. The Kier molecular flexibility index (Phi) is 4.28. The maximum atomic E-state index is 9.93. The van der Waals surface area contributed by atoms with E-state index < -0.39 is 5.43 Å². The highest BCUT2D eigenvalue weighted by atomic mass is 79.9. The topological polar surface area (TPSA) is 26.3 Å². The predicted molar refractivity (Wildman–Crippen MR) is 35.3 cm³/mol. The zero-order chi connectivity index (χ0) is 6.57. The van der Waals surface area contributed by atoms with Gasteiger partial charge in [-0.15, -0.1) is 0 Å². The fraction of sp³-hybridized carbons (Fsp3) is 0.750. The van der Waals surface area contributed by atoms with E-state index in [1.54, 1.807) is 0 Å². The van der Waals surface area contributed by atoms with E-state index in [-0.39, 0.29) is 5.01 Å². The lowest BCUT2D eigenvalue weighted by atomic mass is 10.5. The third-order valence-electron chi connectivity index (χ3n) is 0.542. The van der Waals surface area contributed by atoms with Gasteiger partial charge in [-0.25, -0.2) is 4.79 Å². The number of rotatable bonds is 2. The van der Waals surface area contributed by atoms with Gasteiger partial charge in [-0.2, -0.15) is 0 Å². The minimum absolute atomic E-state index is 0.243. The number of hydrogen-bond acceptors (Lipinski definition) is 2. The Labute approximate surface area is 61.3 Å². The largest absolute Gasteiger partial charge is 0.439 e. The summed E-state index contributed by atoms with van der Waals surface area (Å²) in [7, 11) is 0. The maximum Gasteiger partial charge on any atom is 0.404 e. The monoisotopic (exact) mass is 200 g/mol. The SMILES string of the molecule is CCC(Br)OC(=O)Cl. The van der Waals surface area contributed by atoms with Crippen LogP contribution in [0, 0.1) is 0 Å². The summed E-state index contributed by atoms with van der Waals surface area (Å²) in [6, 6.07) is 0. The van der Waals surface area contributed by atoms with Crippen LogP contribution in [0.5, 0.6) is 0 Å². The second-order valence-electron chi connectivity index (χ2n) is 1.17. The van der Waals surface area contributed by atoms with E-state index >= 15 is 0 Å². The van der Waals surface area contributed by atoms with Crippen LogP contribution in [0.25, 0.3) is 0 Å². The van der Waals surface area contributed by atoms with E-state index in [9.17, 15) is 4.79 Å². The molecule has 0 amide bonds. The molecule has 1 unspecified atom stereocenters. The highest BCUT2D eigenvalue weighted by molar-refractivity contribution is 9.09. The van der Waals surface area contributed by atoms with Gasteiger partial charge < -0.3 is 4.74 Å². The van der Waals surface area contributed by atoms with Gasteiger partial charge in [0.25, 0.3) is 0 Å². The molecule has 1 atom stereocenters. The fourth-order valence-corrected chi connectivity index (χ4v) is 0.569. The Morgan fingerprint density at radius 3 is 2.62 bits per heavy atom. The smallest absolute Gasteiger partial charge is 0.404 e. The van der Waals surface area contributed by atoms with Gasteiger partial charge in [-0.1, -0.05) is 6.92 Å². The summed E-state index contributed by atoms with van der Waals surface area (Å²) in [5.41, 5.74) is -0.770. The molecular formula is C4H6BrClO2. The molecule has 48 valence electrons. The molecule has 8 heavy (non-hydrogen) atoms. The van der Waals surface area contributed by atoms with E-state index in [1.165, 1.54) is 0 Å². The zero-order valence-electron chi connectivity index (χ0n) is 4.36. The van der Waals surface area contributed by atoms with Gasteiger partial charge in [0.1, 0.15) is 0 Å². The number of carbonyl (C=O) groups excluding carboxylic acids is 1. The van der Waals surface area contributed by atoms with Crippen LogP contribution in [0.3, 0.4) is 0 Å². The van der Waals surface area contributed by atoms with Gasteiger partial charge in [0.15, 0.2) is 5.01 Å². The number of alkyl halides is 1. The van der Waals surface area contributed by atoms with Crippen molar-refractivity contribution in [3.63, 3.8) is 0 Å². The van der Waals surface area contributed by atoms with Crippen molar-refractivity contribution in [2.45, 2.75) is 18.4 Å². The first-order valence-electron chi connectivity index (χ1n) is 2.17. The van der Waals surface area contributed by atoms with E-state index in [2.05, 4.69) is 20.7 Å². The molecule has 0 radical (unpaired) electrons. The average molecular weight is 201 g/mol. The summed E-state index contributed by atoms with van der Waals surface area (Å²) < 4.78 is 4.44. The molecule has 0 saturated carbocycles. The van der Waals surface area contributed by atoms with Crippen LogP contribution in [0.15, 0.2) is 0 Å². The molecule has 2 nitrogen and oxygen atoms in total. The Bertz CT molecular complexity index is 86.1. The number of halogens is 2. The van der Waals surface area contributed by atoms with Crippen LogP contribution >= 0.6 is 27.5 Å². The fourth-order valence-electron chi connectivity index (χ4n) is 0.184. The molecule has 0 spiro atoms. The zero-order valence-corrected chi connectivity index (χ0v) is 6.70. The molecule has 0 aliphatic rings. The molecule has 0 aromatic carbocycles. The first-order valence-corrected chi connectivity index (χ1v) is 3.46. The normalized spacial score (nSPS) is 12.9. The molecule has 0 rings (SSSR count). The van der Waals surface area contributed by atoms with Gasteiger partial charge in [0.05, 0.1) is 0 Å². The minimum Gasteiger partial charge on any atom is -0.439 e. The second kappa shape index (κ2) is 4.15. The first-order chi connectivity index (χ1) is 3.66. The summed E-state index contributed by atoms with van der Waals surface area (Å²) >= 11 is 7.91. The number of hydrogen-bond donors (Lipinski definition) is 0. The minimum atomic E-state index is -0.770. The molecule has 0 bridgehead atoms. The van der Waals surface area contributed by atoms with Crippen LogP contribution in [-0.4, -0.2) is 10.4 Å². The van der Waals surface area contributed by atoms with Crippen LogP contribution in [0.1, 0.15) is 13.3 Å². The van der Waals surface area contributed by atoms with Gasteiger partial charge in [-0.3, -0.25) is 0 Å². The van der Waals surface area contributed by atoms with E-state index in [4.69, 9.17) is 11.6 Å². The standard InChI is InChI=1S/C4H6BrClO2/c1-2-3(5)8-4(6)7/h3H,2H2,1H3. The highest BCUT2D eigenvalue weighted by Crippen LogP contribution is 2.07. The summed E-state index contributed by atoms with van der Waals surface area (Å²) in [4.78, 5) is 9.93. The summed E-state index contributed by atoms with van der Waals surface area (Å²) in [5.74, 6) is 0. The number of ether oxygens (including phenoxy) is 1. The van der Waals surface area contributed by atoms with E-state index in [0.29, 0.717) is 0 Å². The maximum absolute atomic E-state index is 9.93. The third kappa shape index (κ3) is 4.40. The molecule has 0 aromatic rings. The Morgan fingerprint density at radius 2 is 2.50 bits per heavy atom. The highest BCUT2D eigenvalue weighted by Gasteiger charge is 2.03. The molecular weight excluding hydrogens is 195 g/mol. The van der Waals surface area contributed by atoms with Gasteiger partial charge in [0.2, 0.25) is 0 Å².